The molecule has 2 N–H and O–H groups in total. The van der Waals surface area contributed by atoms with E-state index in [1.54, 1.807) is 0 Å². The highest BCUT2D eigenvalue weighted by Gasteiger charge is 2.08. The molecular formula is C26H23ClN2O. The molecule has 150 valence electrons. The summed E-state index contributed by atoms with van der Waals surface area (Å²) in [5, 5.41) is 9.26. The third kappa shape index (κ3) is 4.54. The van der Waals surface area contributed by atoms with E-state index in [0.29, 0.717) is 17.1 Å². The van der Waals surface area contributed by atoms with Crippen molar-refractivity contribution in [3.05, 3.63) is 107 Å². The third-order valence-electron chi connectivity index (χ3n) is 5.16. The molecule has 4 aromatic carbocycles. The Morgan fingerprint density at radius 3 is 2.40 bits per heavy atom. The molecule has 0 bridgehead atoms. The van der Waals surface area contributed by atoms with Crippen LogP contribution in [0, 0.1) is 0 Å². The van der Waals surface area contributed by atoms with Gasteiger partial charge >= 0.3 is 0 Å². The summed E-state index contributed by atoms with van der Waals surface area (Å²) >= 11 is 6.07. The first-order valence-corrected chi connectivity index (χ1v) is 10.3. The third-order valence-corrected chi connectivity index (χ3v) is 5.40. The highest BCUT2D eigenvalue weighted by molar-refractivity contribution is 6.30. The van der Waals surface area contributed by atoms with Crippen LogP contribution in [0.25, 0.3) is 21.9 Å². The minimum atomic E-state index is -0.0866. The van der Waals surface area contributed by atoms with Crippen molar-refractivity contribution in [3.8, 4) is 11.1 Å². The van der Waals surface area contributed by atoms with Crippen LogP contribution in [-0.4, -0.2) is 13.0 Å². The van der Waals surface area contributed by atoms with E-state index in [0.717, 1.165) is 28.6 Å². The molecule has 0 aliphatic heterocycles. The number of carbonyl (C=O) groups excluding carboxylic acids is 1. The molecule has 0 aliphatic rings. The number of nitrogens with one attached hydrogen (secondary N) is 2. The van der Waals surface area contributed by atoms with Gasteiger partial charge in [0.15, 0.2) is 0 Å². The van der Waals surface area contributed by atoms with Crippen molar-refractivity contribution < 1.29 is 4.79 Å². The first-order valence-electron chi connectivity index (χ1n) is 9.93. The lowest BCUT2D eigenvalue weighted by atomic mass is 10.0. The zero-order chi connectivity index (χ0) is 20.9. The van der Waals surface area contributed by atoms with E-state index in [-0.39, 0.29) is 5.91 Å². The first-order chi connectivity index (χ1) is 14.6. The number of carbonyl (C=O) groups is 1. The lowest BCUT2D eigenvalue weighted by molar-refractivity contribution is 0.0951. The SMILES string of the molecule is CNCc1ccc2c(CNC(=O)c3ccc(-c4cccc(Cl)c4)cc3)cccc2c1. The van der Waals surface area contributed by atoms with Crippen LogP contribution in [0.4, 0.5) is 0 Å². The van der Waals surface area contributed by atoms with Crippen LogP contribution in [0.15, 0.2) is 84.9 Å². The maximum absolute atomic E-state index is 12.7. The van der Waals surface area contributed by atoms with Gasteiger partial charge in [0.1, 0.15) is 0 Å². The summed E-state index contributed by atoms with van der Waals surface area (Å²) in [5.74, 6) is -0.0866. The smallest absolute Gasteiger partial charge is 0.251 e. The fraction of sp³-hybridized carbons (Fsp3) is 0.115. The summed E-state index contributed by atoms with van der Waals surface area (Å²) < 4.78 is 0. The van der Waals surface area contributed by atoms with Crippen LogP contribution >= 0.6 is 11.6 Å². The van der Waals surface area contributed by atoms with Crippen molar-refractivity contribution in [2.24, 2.45) is 0 Å². The van der Waals surface area contributed by atoms with Crippen molar-refractivity contribution in [1.82, 2.24) is 10.6 Å². The van der Waals surface area contributed by atoms with Gasteiger partial charge in [0.25, 0.3) is 5.91 Å². The van der Waals surface area contributed by atoms with Gasteiger partial charge in [-0.2, -0.15) is 0 Å². The average Bonchev–Trinajstić information content (AvgIpc) is 2.77. The maximum atomic E-state index is 12.7. The van der Waals surface area contributed by atoms with Crippen LogP contribution < -0.4 is 10.6 Å². The number of hydrogen-bond acceptors (Lipinski definition) is 2. The molecule has 0 radical (unpaired) electrons. The van der Waals surface area contributed by atoms with E-state index in [1.807, 2.05) is 61.6 Å². The minimum absolute atomic E-state index is 0.0866. The van der Waals surface area contributed by atoms with Gasteiger partial charge in [-0.15, -0.1) is 0 Å². The highest BCUT2D eigenvalue weighted by Crippen LogP contribution is 2.23. The molecule has 30 heavy (non-hydrogen) atoms. The number of amides is 1. The molecule has 1 amide bonds. The Labute approximate surface area is 181 Å². The summed E-state index contributed by atoms with van der Waals surface area (Å²) in [6.07, 6.45) is 0. The summed E-state index contributed by atoms with van der Waals surface area (Å²) in [5.41, 5.74) is 5.04. The monoisotopic (exact) mass is 414 g/mol. The van der Waals surface area contributed by atoms with Gasteiger partial charge in [-0.25, -0.2) is 0 Å². The molecule has 0 saturated heterocycles. The van der Waals surface area contributed by atoms with Gasteiger partial charge in [-0.05, 0) is 70.4 Å². The van der Waals surface area contributed by atoms with Crippen molar-refractivity contribution in [2.75, 3.05) is 7.05 Å². The Balaban J connectivity index is 1.47. The predicted molar refractivity (Wildman–Crippen MR) is 125 cm³/mol. The minimum Gasteiger partial charge on any atom is -0.348 e. The second kappa shape index (κ2) is 9.12. The average molecular weight is 415 g/mol. The van der Waals surface area contributed by atoms with Gasteiger partial charge in [-0.1, -0.05) is 66.2 Å². The molecule has 0 unspecified atom stereocenters. The fourth-order valence-electron chi connectivity index (χ4n) is 3.63. The highest BCUT2D eigenvalue weighted by atomic mass is 35.5. The Bertz CT molecular complexity index is 1190. The van der Waals surface area contributed by atoms with Gasteiger partial charge in [-0.3, -0.25) is 4.79 Å². The zero-order valence-electron chi connectivity index (χ0n) is 16.8. The normalized spacial score (nSPS) is 10.9. The first kappa shape index (κ1) is 20.1. The van der Waals surface area contributed by atoms with Crippen molar-refractivity contribution in [1.29, 1.82) is 0 Å². The molecule has 4 aromatic rings. The topological polar surface area (TPSA) is 41.1 Å². The van der Waals surface area contributed by atoms with Crippen molar-refractivity contribution in [2.45, 2.75) is 13.1 Å². The molecule has 4 rings (SSSR count). The second-order valence-electron chi connectivity index (χ2n) is 7.27. The van der Waals surface area contributed by atoms with Crippen LogP contribution in [0.2, 0.25) is 5.02 Å². The Hall–Kier alpha value is -3.14. The van der Waals surface area contributed by atoms with Gasteiger partial charge in [0.2, 0.25) is 0 Å². The number of fused-ring (bicyclic) bond motifs is 1. The summed E-state index contributed by atoms with van der Waals surface area (Å²) in [7, 11) is 1.94. The van der Waals surface area contributed by atoms with Crippen molar-refractivity contribution >= 4 is 28.3 Å². The number of rotatable bonds is 6. The molecule has 3 nitrogen and oxygen atoms in total. The molecule has 0 saturated carbocycles. The summed E-state index contributed by atoms with van der Waals surface area (Å²) in [4.78, 5) is 12.7. The largest absolute Gasteiger partial charge is 0.348 e. The molecule has 0 atom stereocenters. The fourth-order valence-corrected chi connectivity index (χ4v) is 3.82. The van der Waals surface area contributed by atoms with E-state index in [9.17, 15) is 4.79 Å². The maximum Gasteiger partial charge on any atom is 0.251 e. The number of hydrogen-bond donors (Lipinski definition) is 2. The lowest BCUT2D eigenvalue weighted by Crippen LogP contribution is -2.22. The van der Waals surface area contributed by atoms with Crippen LogP contribution in [0.1, 0.15) is 21.5 Å². The lowest BCUT2D eigenvalue weighted by Gasteiger charge is -2.10. The standard InChI is InChI=1S/C26H23ClN2O/c1-28-16-18-8-13-25-22(14-18)5-2-6-23(25)17-29-26(30)20-11-9-19(10-12-20)21-4-3-7-24(27)15-21/h2-15,28H,16-17H2,1H3,(H,29,30). The van der Waals surface area contributed by atoms with E-state index >= 15 is 0 Å². The van der Waals surface area contributed by atoms with Gasteiger partial charge in [0.05, 0.1) is 0 Å². The summed E-state index contributed by atoms with van der Waals surface area (Å²) in [6.45, 7) is 1.32. The molecular weight excluding hydrogens is 392 g/mol. The van der Waals surface area contributed by atoms with Gasteiger partial charge < -0.3 is 10.6 Å². The molecule has 0 heterocycles. The van der Waals surface area contributed by atoms with E-state index in [2.05, 4.69) is 41.0 Å². The Morgan fingerprint density at radius 2 is 1.63 bits per heavy atom. The number of benzene rings is 4. The second-order valence-corrected chi connectivity index (χ2v) is 7.71. The van der Waals surface area contributed by atoms with Crippen molar-refractivity contribution in [3.63, 3.8) is 0 Å². The van der Waals surface area contributed by atoms with Gasteiger partial charge in [0, 0.05) is 23.7 Å². The zero-order valence-corrected chi connectivity index (χ0v) is 17.5. The van der Waals surface area contributed by atoms with E-state index < -0.39 is 0 Å². The quantitative estimate of drug-likeness (QED) is 0.418. The number of halogens is 1. The Kier molecular flexibility index (Phi) is 6.12. The van der Waals surface area contributed by atoms with Crippen LogP contribution in [0.3, 0.4) is 0 Å². The Morgan fingerprint density at radius 1 is 0.833 bits per heavy atom. The molecule has 0 spiro atoms. The van der Waals surface area contributed by atoms with Crippen LogP contribution in [0.5, 0.6) is 0 Å². The van der Waals surface area contributed by atoms with E-state index in [4.69, 9.17) is 11.6 Å². The van der Waals surface area contributed by atoms with Crippen LogP contribution in [-0.2, 0) is 13.1 Å². The molecule has 0 aliphatic carbocycles. The van der Waals surface area contributed by atoms with E-state index in [1.165, 1.54) is 10.9 Å². The predicted octanol–water partition coefficient (Wildman–Crippen LogP) is 5.81. The molecule has 0 fully saturated rings. The molecule has 0 aromatic heterocycles. The molecule has 4 heteroatoms. The summed E-state index contributed by atoms with van der Waals surface area (Å²) in [6, 6.07) is 27.9.